The molecule has 0 unspecified atom stereocenters. The van der Waals surface area contributed by atoms with E-state index in [0.717, 1.165) is 37.6 Å². The van der Waals surface area contributed by atoms with E-state index in [1.165, 1.54) is 0 Å². The molecule has 2 aromatic rings. The molecule has 22 heavy (non-hydrogen) atoms. The van der Waals surface area contributed by atoms with Crippen LogP contribution >= 0.6 is 0 Å². The van der Waals surface area contributed by atoms with Crippen LogP contribution in [0.1, 0.15) is 5.56 Å². The molecule has 2 aliphatic rings. The van der Waals surface area contributed by atoms with E-state index in [-0.39, 0.29) is 38.3 Å². The average Bonchev–Trinajstić information content (AvgIpc) is 2.37. The zero-order chi connectivity index (χ0) is 14.4. The van der Waals surface area contributed by atoms with Gasteiger partial charge in [0, 0.05) is 69.6 Å². The summed E-state index contributed by atoms with van der Waals surface area (Å²) >= 11 is 0. The third-order valence-electron chi connectivity index (χ3n) is 4.20. The number of nitrogens with zero attached hydrogens (tertiary/aromatic N) is 3. The Kier molecular flexibility index (Phi) is 4.23. The maximum atomic E-state index is 12.3. The summed E-state index contributed by atoms with van der Waals surface area (Å²) < 4.78 is 6.81. The SMILES string of the molecule is Cc1[c-]cc(-n2ccc(N3CC4(COC4)C3)cc2=O)nc1.[Y]. The number of anilines is 1. The van der Waals surface area contributed by atoms with Crippen LogP contribution in [0.4, 0.5) is 5.69 Å². The van der Waals surface area contributed by atoms with Gasteiger partial charge in [-0.05, 0) is 6.07 Å². The Morgan fingerprint density at radius 3 is 2.68 bits per heavy atom. The number of rotatable bonds is 2. The van der Waals surface area contributed by atoms with Crippen molar-refractivity contribution in [3.05, 3.63) is 52.6 Å². The van der Waals surface area contributed by atoms with Gasteiger partial charge in [-0.25, -0.2) is 0 Å². The van der Waals surface area contributed by atoms with E-state index in [1.54, 1.807) is 29.1 Å². The molecule has 1 spiro atoms. The largest absolute Gasteiger partial charge is 0.380 e. The van der Waals surface area contributed by atoms with Crippen molar-refractivity contribution in [2.75, 3.05) is 31.2 Å². The van der Waals surface area contributed by atoms with E-state index in [9.17, 15) is 4.79 Å². The van der Waals surface area contributed by atoms with Gasteiger partial charge in [0.05, 0.1) is 18.6 Å². The summed E-state index contributed by atoms with van der Waals surface area (Å²) in [7, 11) is 0. The molecule has 111 valence electrons. The van der Waals surface area contributed by atoms with Crippen LogP contribution < -0.4 is 10.5 Å². The summed E-state index contributed by atoms with van der Waals surface area (Å²) in [5, 5.41) is 0. The average molecular weight is 371 g/mol. The standard InChI is InChI=1S/C16H16N3O2.Y/c1-12-2-3-14(17-7-12)19-5-4-13(6-15(19)20)18-8-16(9-18)10-21-11-16;/h3-7H,8-11H2,1H3;/q-1;. The van der Waals surface area contributed by atoms with Crippen molar-refractivity contribution in [3.8, 4) is 5.82 Å². The second-order valence-electron chi connectivity index (χ2n) is 6.03. The van der Waals surface area contributed by atoms with Crippen molar-refractivity contribution in [1.29, 1.82) is 0 Å². The predicted molar refractivity (Wildman–Crippen MR) is 78.9 cm³/mol. The molecule has 2 aromatic heterocycles. The van der Waals surface area contributed by atoms with E-state index >= 15 is 0 Å². The number of aromatic nitrogens is 2. The van der Waals surface area contributed by atoms with E-state index < -0.39 is 0 Å². The van der Waals surface area contributed by atoms with Gasteiger partial charge in [0.1, 0.15) is 0 Å². The molecule has 5 nitrogen and oxygen atoms in total. The Bertz CT molecular complexity index is 730. The summed E-state index contributed by atoms with van der Waals surface area (Å²) in [6.07, 6.45) is 3.50. The fourth-order valence-electron chi connectivity index (χ4n) is 2.92. The number of ether oxygens (including phenoxy) is 1. The zero-order valence-corrected chi connectivity index (χ0v) is 15.3. The third kappa shape index (κ3) is 2.66. The second-order valence-corrected chi connectivity index (χ2v) is 6.03. The van der Waals surface area contributed by atoms with Crippen molar-refractivity contribution in [2.24, 2.45) is 5.41 Å². The smallest absolute Gasteiger partial charge is 0.247 e. The Morgan fingerprint density at radius 2 is 2.14 bits per heavy atom. The quantitative estimate of drug-likeness (QED) is 0.744. The van der Waals surface area contributed by atoms with Gasteiger partial charge < -0.3 is 19.2 Å². The first kappa shape index (κ1) is 15.8. The van der Waals surface area contributed by atoms with E-state index in [0.29, 0.717) is 11.2 Å². The van der Waals surface area contributed by atoms with Crippen molar-refractivity contribution >= 4 is 5.69 Å². The Morgan fingerprint density at radius 1 is 1.36 bits per heavy atom. The summed E-state index contributed by atoms with van der Waals surface area (Å²) in [6.45, 7) is 5.58. The van der Waals surface area contributed by atoms with Crippen molar-refractivity contribution < 1.29 is 37.4 Å². The first-order chi connectivity index (χ1) is 10.2. The predicted octanol–water partition coefficient (Wildman–Crippen LogP) is 1.18. The number of hydrogen-bond donors (Lipinski definition) is 0. The maximum absolute atomic E-state index is 12.3. The minimum Gasteiger partial charge on any atom is -0.380 e. The fraction of sp³-hybridized carbons (Fsp3) is 0.375. The Balaban J connectivity index is 0.00000144. The minimum absolute atomic E-state index is 0. The number of aryl methyl sites for hydroxylation is 1. The molecular weight excluding hydrogens is 355 g/mol. The molecule has 0 N–H and O–H groups in total. The molecule has 2 fully saturated rings. The van der Waals surface area contributed by atoms with Crippen LogP contribution in [0.5, 0.6) is 0 Å². The van der Waals surface area contributed by atoms with Crippen molar-refractivity contribution in [3.63, 3.8) is 0 Å². The normalized spacial score (nSPS) is 18.3. The van der Waals surface area contributed by atoms with E-state index in [4.69, 9.17) is 4.74 Å². The molecule has 0 atom stereocenters. The molecule has 0 bridgehead atoms. The van der Waals surface area contributed by atoms with Crippen molar-refractivity contribution in [1.82, 2.24) is 9.55 Å². The van der Waals surface area contributed by atoms with Gasteiger partial charge in [0.2, 0.25) is 5.56 Å². The van der Waals surface area contributed by atoms with E-state index in [2.05, 4.69) is 16.0 Å². The molecule has 2 saturated heterocycles. The van der Waals surface area contributed by atoms with Gasteiger partial charge in [-0.15, -0.1) is 11.6 Å². The van der Waals surface area contributed by atoms with Gasteiger partial charge in [-0.2, -0.15) is 6.07 Å². The Hall–Kier alpha value is -1.04. The molecule has 4 rings (SSSR count). The van der Waals surface area contributed by atoms with Gasteiger partial charge >= 0.3 is 0 Å². The number of pyridine rings is 2. The van der Waals surface area contributed by atoms with Crippen LogP contribution in [0, 0.1) is 18.4 Å². The monoisotopic (exact) mass is 371 g/mol. The first-order valence-electron chi connectivity index (χ1n) is 7.05. The van der Waals surface area contributed by atoms with Crippen LogP contribution in [0.25, 0.3) is 5.82 Å². The molecular formula is C16H16N3O2Y-. The molecule has 6 heteroatoms. The summed E-state index contributed by atoms with van der Waals surface area (Å²) in [5.41, 5.74) is 2.22. The summed E-state index contributed by atoms with van der Waals surface area (Å²) in [5.74, 6) is 0.602. The molecule has 0 aromatic carbocycles. The van der Waals surface area contributed by atoms with Crippen LogP contribution in [0.15, 0.2) is 35.4 Å². The molecule has 1 radical (unpaired) electrons. The van der Waals surface area contributed by atoms with E-state index in [1.807, 2.05) is 13.0 Å². The van der Waals surface area contributed by atoms with Gasteiger partial charge in [0.15, 0.2) is 0 Å². The number of hydrogen-bond acceptors (Lipinski definition) is 4. The molecule has 4 heterocycles. The zero-order valence-electron chi connectivity index (χ0n) is 12.5. The van der Waals surface area contributed by atoms with Crippen LogP contribution in [-0.2, 0) is 37.4 Å². The van der Waals surface area contributed by atoms with Gasteiger partial charge in [0.25, 0.3) is 0 Å². The summed E-state index contributed by atoms with van der Waals surface area (Å²) in [6, 6.07) is 8.44. The molecule has 0 aliphatic carbocycles. The molecule has 0 saturated carbocycles. The Labute approximate surface area is 154 Å². The van der Waals surface area contributed by atoms with Crippen LogP contribution in [-0.4, -0.2) is 35.9 Å². The summed E-state index contributed by atoms with van der Waals surface area (Å²) in [4.78, 5) is 18.8. The maximum Gasteiger partial charge on any atom is 0.247 e. The third-order valence-corrected chi connectivity index (χ3v) is 4.20. The first-order valence-corrected chi connectivity index (χ1v) is 7.05. The second kappa shape index (κ2) is 5.87. The molecule has 0 amide bonds. The van der Waals surface area contributed by atoms with Gasteiger partial charge in [-0.3, -0.25) is 4.79 Å². The van der Waals surface area contributed by atoms with Gasteiger partial charge in [-0.1, -0.05) is 13.1 Å². The topological polar surface area (TPSA) is 47.4 Å². The van der Waals surface area contributed by atoms with Crippen LogP contribution in [0.2, 0.25) is 0 Å². The van der Waals surface area contributed by atoms with Crippen molar-refractivity contribution in [2.45, 2.75) is 6.92 Å². The van der Waals surface area contributed by atoms with Crippen LogP contribution in [0.3, 0.4) is 0 Å². The molecule has 2 aliphatic heterocycles. The fourth-order valence-corrected chi connectivity index (χ4v) is 2.92. The minimum atomic E-state index is -0.0666.